The van der Waals surface area contributed by atoms with Gasteiger partial charge in [-0.05, 0) is 37.1 Å². The molecule has 0 unspecified atom stereocenters. The van der Waals surface area contributed by atoms with Crippen molar-refractivity contribution < 1.29 is 9.18 Å². The van der Waals surface area contributed by atoms with Crippen molar-refractivity contribution in [2.75, 3.05) is 11.4 Å². The van der Waals surface area contributed by atoms with Crippen LogP contribution in [-0.2, 0) is 17.9 Å². The molecule has 0 saturated heterocycles. The van der Waals surface area contributed by atoms with Crippen molar-refractivity contribution in [2.45, 2.75) is 44.8 Å². The predicted octanol–water partition coefficient (Wildman–Crippen LogP) is 0.755. The molecule has 2 heterocycles. The molecule has 1 aromatic heterocycles. The number of halogens is 1. The molecule has 1 aliphatic heterocycles. The third-order valence-corrected chi connectivity index (χ3v) is 5.05. The van der Waals surface area contributed by atoms with Crippen molar-refractivity contribution in [3.05, 3.63) is 50.8 Å². The Balaban J connectivity index is 1.62. The summed E-state index contributed by atoms with van der Waals surface area (Å²) in [6, 6.07) is 5.93. The summed E-state index contributed by atoms with van der Waals surface area (Å²) in [5, 5.41) is 7.14. The quantitative estimate of drug-likeness (QED) is 0.799. The molecule has 142 valence electrons. The van der Waals surface area contributed by atoms with Crippen LogP contribution in [-0.4, -0.2) is 32.8 Å². The number of anilines is 2. The Labute approximate surface area is 154 Å². The van der Waals surface area contributed by atoms with Crippen LogP contribution in [0.5, 0.6) is 0 Å². The number of carbonyl (C=O) groups is 1. The highest BCUT2D eigenvalue weighted by Crippen LogP contribution is 2.26. The summed E-state index contributed by atoms with van der Waals surface area (Å²) in [4.78, 5) is 38.7. The molecule has 0 atom stereocenters. The van der Waals surface area contributed by atoms with Gasteiger partial charge in [0.15, 0.2) is 0 Å². The highest BCUT2D eigenvalue weighted by Gasteiger charge is 2.27. The van der Waals surface area contributed by atoms with E-state index in [1.54, 1.807) is 17.0 Å². The number of nitrogens with one attached hydrogen (secondary N) is 1. The van der Waals surface area contributed by atoms with Gasteiger partial charge in [-0.3, -0.25) is 19.0 Å². The second-order valence-electron chi connectivity index (χ2n) is 6.90. The molecule has 1 aliphatic carbocycles. The van der Waals surface area contributed by atoms with Gasteiger partial charge >= 0.3 is 11.1 Å². The first-order valence-corrected chi connectivity index (χ1v) is 9.07. The van der Waals surface area contributed by atoms with Gasteiger partial charge in [0.25, 0.3) is 0 Å². The Morgan fingerprint density at radius 3 is 2.52 bits per heavy atom. The van der Waals surface area contributed by atoms with Crippen LogP contribution in [0.1, 0.15) is 25.7 Å². The Kier molecular flexibility index (Phi) is 4.51. The van der Waals surface area contributed by atoms with Crippen molar-refractivity contribution in [3.8, 4) is 0 Å². The fourth-order valence-electron chi connectivity index (χ4n) is 3.68. The molecule has 0 bridgehead atoms. The normalized spacial score (nSPS) is 16.6. The molecule has 27 heavy (non-hydrogen) atoms. The monoisotopic (exact) mass is 373 g/mol. The van der Waals surface area contributed by atoms with Gasteiger partial charge in [0.2, 0.25) is 11.9 Å². The number of carbonyl (C=O) groups excluding carboxylic acids is 1. The van der Waals surface area contributed by atoms with Gasteiger partial charge in [-0.2, -0.15) is 0 Å². The van der Waals surface area contributed by atoms with Crippen LogP contribution in [0, 0.1) is 5.82 Å². The van der Waals surface area contributed by atoms with E-state index in [9.17, 15) is 18.8 Å². The van der Waals surface area contributed by atoms with Crippen LogP contribution in [0.3, 0.4) is 0 Å². The van der Waals surface area contributed by atoms with Crippen LogP contribution in [0.2, 0.25) is 0 Å². The first kappa shape index (κ1) is 17.4. The molecule has 2 aromatic rings. The lowest BCUT2D eigenvalue weighted by Gasteiger charge is -2.18. The molecule has 0 radical (unpaired) electrons. The first-order chi connectivity index (χ1) is 13.0. The van der Waals surface area contributed by atoms with Crippen molar-refractivity contribution in [1.29, 1.82) is 0 Å². The number of fused-ring (bicyclic) bond motifs is 1. The molecule has 1 aromatic carbocycles. The summed E-state index contributed by atoms with van der Waals surface area (Å²) in [7, 11) is 0. The Morgan fingerprint density at radius 1 is 1.11 bits per heavy atom. The van der Waals surface area contributed by atoms with Gasteiger partial charge in [0.05, 0.1) is 0 Å². The van der Waals surface area contributed by atoms with Crippen LogP contribution in [0.4, 0.5) is 16.0 Å². The van der Waals surface area contributed by atoms with E-state index in [4.69, 9.17) is 0 Å². The maximum atomic E-state index is 13.2. The Morgan fingerprint density at radius 2 is 1.81 bits per heavy atom. The van der Waals surface area contributed by atoms with Gasteiger partial charge in [-0.15, -0.1) is 5.10 Å². The lowest BCUT2D eigenvalue weighted by Crippen LogP contribution is -2.45. The van der Waals surface area contributed by atoms with Gasteiger partial charge in [-0.1, -0.05) is 12.8 Å². The Hall–Kier alpha value is -2.97. The summed E-state index contributed by atoms with van der Waals surface area (Å²) in [6.07, 6.45) is 4.02. The summed E-state index contributed by atoms with van der Waals surface area (Å²) in [5.74, 6) is -0.413. The number of aromatic nitrogens is 3. The third kappa shape index (κ3) is 3.36. The van der Waals surface area contributed by atoms with E-state index in [0.29, 0.717) is 18.8 Å². The highest BCUT2D eigenvalue weighted by atomic mass is 19.1. The number of hydrogen-bond acceptors (Lipinski definition) is 5. The smallest absolute Gasteiger partial charge is 0.333 e. The molecule has 1 amide bonds. The van der Waals surface area contributed by atoms with E-state index in [1.807, 2.05) is 0 Å². The molecular weight excluding hydrogens is 353 g/mol. The molecule has 4 rings (SSSR count). The van der Waals surface area contributed by atoms with E-state index >= 15 is 0 Å². The molecule has 8 nitrogen and oxygen atoms in total. The number of hydrogen-bond donors (Lipinski definition) is 1. The highest BCUT2D eigenvalue weighted by molar-refractivity contribution is 5.76. The van der Waals surface area contributed by atoms with Gasteiger partial charge < -0.3 is 10.2 Å². The zero-order valence-electron chi connectivity index (χ0n) is 14.7. The van der Waals surface area contributed by atoms with E-state index in [-0.39, 0.29) is 30.3 Å². The summed E-state index contributed by atoms with van der Waals surface area (Å²) in [6.45, 7) is 0.449. The van der Waals surface area contributed by atoms with E-state index in [2.05, 4.69) is 10.4 Å². The average molecular weight is 373 g/mol. The van der Waals surface area contributed by atoms with Gasteiger partial charge in [0.1, 0.15) is 12.4 Å². The topological polar surface area (TPSA) is 89.2 Å². The molecule has 9 heteroatoms. The largest absolute Gasteiger partial charge is 0.352 e. The van der Waals surface area contributed by atoms with Crippen LogP contribution in [0.15, 0.2) is 33.9 Å². The average Bonchev–Trinajstić information content (AvgIpc) is 3.30. The minimum atomic E-state index is -0.818. The number of amides is 1. The summed E-state index contributed by atoms with van der Waals surface area (Å²) < 4.78 is 15.4. The third-order valence-electron chi connectivity index (χ3n) is 5.05. The van der Waals surface area contributed by atoms with E-state index < -0.39 is 11.1 Å². The number of benzene rings is 1. The predicted molar refractivity (Wildman–Crippen MR) is 96.6 cm³/mol. The molecule has 0 spiro atoms. The minimum absolute atomic E-state index is 0.124. The summed E-state index contributed by atoms with van der Waals surface area (Å²) in [5.41, 5.74) is -0.866. The first-order valence-electron chi connectivity index (χ1n) is 9.07. The molecular formula is C18H20FN5O3. The molecule has 1 fully saturated rings. The lowest BCUT2D eigenvalue weighted by molar-refractivity contribution is -0.122. The van der Waals surface area contributed by atoms with Crippen molar-refractivity contribution in [1.82, 2.24) is 19.7 Å². The van der Waals surface area contributed by atoms with Gasteiger partial charge in [0, 0.05) is 24.8 Å². The zero-order valence-corrected chi connectivity index (χ0v) is 14.7. The van der Waals surface area contributed by atoms with Crippen LogP contribution >= 0.6 is 0 Å². The summed E-state index contributed by atoms with van der Waals surface area (Å²) >= 11 is 0. The molecule has 1 saturated carbocycles. The van der Waals surface area contributed by atoms with E-state index in [0.717, 1.165) is 30.4 Å². The lowest BCUT2D eigenvalue weighted by atomic mass is 10.2. The maximum Gasteiger partial charge on any atom is 0.333 e. The van der Waals surface area contributed by atoms with Gasteiger partial charge in [-0.25, -0.2) is 9.07 Å². The number of rotatable bonds is 4. The number of nitrogens with zero attached hydrogens (tertiary/aromatic N) is 4. The second-order valence-corrected chi connectivity index (χ2v) is 6.90. The second kappa shape index (κ2) is 6.98. The van der Waals surface area contributed by atoms with E-state index in [1.165, 1.54) is 16.7 Å². The fraction of sp³-hybridized carbons (Fsp3) is 0.444. The SMILES string of the molecule is O=C(Cn1nc2n(c(=O)c1=O)CCN2c1ccc(F)cc1)NC1CCCC1. The standard InChI is InChI=1S/C18H20FN5O3/c19-12-5-7-14(8-6-12)22-9-10-23-16(26)17(27)24(21-18(22)23)11-15(25)20-13-3-1-2-4-13/h5-8,13H,1-4,9-11H2,(H,20,25). The van der Waals surface area contributed by atoms with Crippen molar-refractivity contribution >= 4 is 17.5 Å². The van der Waals surface area contributed by atoms with Crippen LogP contribution < -0.4 is 21.3 Å². The van der Waals surface area contributed by atoms with Crippen LogP contribution in [0.25, 0.3) is 0 Å². The van der Waals surface area contributed by atoms with Crippen molar-refractivity contribution in [2.24, 2.45) is 0 Å². The molecule has 1 N–H and O–H groups in total. The molecule has 2 aliphatic rings. The maximum absolute atomic E-state index is 13.2. The zero-order chi connectivity index (χ0) is 19.0. The minimum Gasteiger partial charge on any atom is -0.352 e. The van der Waals surface area contributed by atoms with Crippen molar-refractivity contribution in [3.63, 3.8) is 0 Å². The fourth-order valence-corrected chi connectivity index (χ4v) is 3.68. The Bertz CT molecular complexity index is 976.